The molecule has 4 rings (SSSR count). The zero-order valence-corrected chi connectivity index (χ0v) is 15.0. The second kappa shape index (κ2) is 7.31. The third-order valence-corrected chi connectivity index (χ3v) is 4.09. The number of amides is 1. The lowest BCUT2D eigenvalue weighted by atomic mass is 10.2. The van der Waals surface area contributed by atoms with E-state index in [1.807, 2.05) is 37.3 Å². The molecule has 140 valence electrons. The summed E-state index contributed by atoms with van der Waals surface area (Å²) in [5, 5.41) is 19.2. The number of carbonyl (C=O) groups is 1. The first-order valence-electron chi connectivity index (χ1n) is 8.56. The number of para-hydroxylation sites is 2. The van der Waals surface area contributed by atoms with Crippen LogP contribution >= 0.6 is 0 Å². The van der Waals surface area contributed by atoms with Gasteiger partial charge in [0.15, 0.2) is 0 Å². The standard InChI is InChI=1S/C19H17N7O2/c1-12-16(25-26(24-12)13-7-3-2-4-8-13)11-21-17(27)19-23-22-18(28-19)14-9-5-6-10-15(14)20/h2-10H,11,20H2,1H3,(H,21,27). The molecule has 4 aromatic rings. The van der Waals surface area contributed by atoms with Gasteiger partial charge in [-0.05, 0) is 31.2 Å². The largest absolute Gasteiger partial charge is 0.412 e. The highest BCUT2D eigenvalue weighted by molar-refractivity contribution is 5.89. The summed E-state index contributed by atoms with van der Waals surface area (Å²) in [5.41, 5.74) is 9.16. The minimum atomic E-state index is -0.498. The van der Waals surface area contributed by atoms with Gasteiger partial charge in [0.1, 0.15) is 5.69 Å². The van der Waals surface area contributed by atoms with E-state index in [1.54, 1.807) is 24.3 Å². The molecule has 0 aliphatic rings. The van der Waals surface area contributed by atoms with Gasteiger partial charge in [0.05, 0.1) is 23.5 Å². The van der Waals surface area contributed by atoms with E-state index in [4.69, 9.17) is 10.2 Å². The van der Waals surface area contributed by atoms with Crippen LogP contribution in [0.5, 0.6) is 0 Å². The summed E-state index contributed by atoms with van der Waals surface area (Å²) in [6.45, 7) is 2.01. The molecule has 0 aliphatic heterocycles. The molecule has 0 unspecified atom stereocenters. The maximum atomic E-state index is 12.3. The molecule has 0 fully saturated rings. The van der Waals surface area contributed by atoms with Gasteiger partial charge in [0, 0.05) is 5.69 Å². The van der Waals surface area contributed by atoms with Crippen molar-refractivity contribution in [3.05, 3.63) is 71.9 Å². The minimum absolute atomic E-state index is 0.147. The maximum Gasteiger partial charge on any atom is 0.309 e. The molecule has 3 N–H and O–H groups in total. The molecular formula is C19H17N7O2. The van der Waals surface area contributed by atoms with Gasteiger partial charge < -0.3 is 15.5 Å². The maximum absolute atomic E-state index is 12.3. The summed E-state index contributed by atoms with van der Waals surface area (Å²) in [7, 11) is 0. The van der Waals surface area contributed by atoms with Crippen LogP contribution in [0.4, 0.5) is 5.69 Å². The van der Waals surface area contributed by atoms with Crippen LogP contribution in [-0.4, -0.2) is 31.1 Å². The molecule has 0 saturated heterocycles. The van der Waals surface area contributed by atoms with Gasteiger partial charge in [-0.2, -0.15) is 15.0 Å². The SMILES string of the molecule is Cc1nn(-c2ccccc2)nc1CNC(=O)c1nnc(-c2ccccc2N)o1. The number of nitrogen functional groups attached to an aromatic ring is 1. The number of hydrogen-bond acceptors (Lipinski definition) is 7. The Bertz CT molecular complexity index is 1120. The van der Waals surface area contributed by atoms with Gasteiger partial charge in [-0.25, -0.2) is 0 Å². The Hall–Kier alpha value is -4.01. The topological polar surface area (TPSA) is 125 Å². The van der Waals surface area contributed by atoms with Crippen molar-refractivity contribution in [1.29, 1.82) is 0 Å². The zero-order chi connectivity index (χ0) is 19.5. The number of rotatable bonds is 5. The molecule has 0 radical (unpaired) electrons. The summed E-state index contributed by atoms with van der Waals surface area (Å²) in [5.74, 6) is -0.456. The number of aryl methyl sites for hydroxylation is 1. The smallest absolute Gasteiger partial charge is 0.309 e. The molecule has 0 saturated carbocycles. The summed E-state index contributed by atoms with van der Waals surface area (Å²) < 4.78 is 5.45. The van der Waals surface area contributed by atoms with E-state index in [9.17, 15) is 4.79 Å². The fourth-order valence-electron chi connectivity index (χ4n) is 2.60. The molecule has 28 heavy (non-hydrogen) atoms. The average Bonchev–Trinajstić information content (AvgIpc) is 3.34. The Morgan fingerprint density at radius 2 is 1.82 bits per heavy atom. The predicted molar refractivity (Wildman–Crippen MR) is 101 cm³/mol. The Morgan fingerprint density at radius 1 is 1.07 bits per heavy atom. The monoisotopic (exact) mass is 375 g/mol. The van der Waals surface area contributed by atoms with Crippen molar-refractivity contribution in [2.75, 3.05) is 5.73 Å². The van der Waals surface area contributed by atoms with Gasteiger partial charge in [-0.3, -0.25) is 4.79 Å². The number of nitrogens with one attached hydrogen (secondary N) is 1. The third-order valence-electron chi connectivity index (χ3n) is 4.09. The summed E-state index contributed by atoms with van der Waals surface area (Å²) in [6.07, 6.45) is 0. The van der Waals surface area contributed by atoms with Crippen LogP contribution in [0.2, 0.25) is 0 Å². The van der Waals surface area contributed by atoms with Crippen LogP contribution in [-0.2, 0) is 6.54 Å². The van der Waals surface area contributed by atoms with E-state index in [2.05, 4.69) is 25.7 Å². The Kier molecular flexibility index (Phi) is 4.55. The molecule has 0 atom stereocenters. The molecule has 2 heterocycles. The number of nitrogens with zero attached hydrogens (tertiary/aromatic N) is 5. The first-order chi connectivity index (χ1) is 13.6. The number of carbonyl (C=O) groups excluding carboxylic acids is 1. The molecule has 0 spiro atoms. The molecule has 2 aromatic heterocycles. The Balaban J connectivity index is 1.46. The van der Waals surface area contributed by atoms with Crippen molar-refractivity contribution in [1.82, 2.24) is 30.5 Å². The lowest BCUT2D eigenvalue weighted by Gasteiger charge is -2.00. The lowest BCUT2D eigenvalue weighted by molar-refractivity contribution is 0.0916. The van der Waals surface area contributed by atoms with Crippen LogP contribution < -0.4 is 11.1 Å². The van der Waals surface area contributed by atoms with E-state index in [1.165, 1.54) is 4.80 Å². The number of benzene rings is 2. The van der Waals surface area contributed by atoms with Crippen LogP contribution in [0.1, 0.15) is 22.1 Å². The average molecular weight is 375 g/mol. The Labute approximate surface area is 160 Å². The number of anilines is 1. The normalized spacial score (nSPS) is 10.8. The van der Waals surface area contributed by atoms with Gasteiger partial charge in [-0.15, -0.1) is 10.2 Å². The Morgan fingerprint density at radius 3 is 2.61 bits per heavy atom. The summed E-state index contributed by atoms with van der Waals surface area (Å²) in [6, 6.07) is 16.6. The first-order valence-corrected chi connectivity index (χ1v) is 8.56. The van der Waals surface area contributed by atoms with Crippen molar-refractivity contribution in [3.8, 4) is 17.1 Å². The van der Waals surface area contributed by atoms with Gasteiger partial charge in [0.2, 0.25) is 5.89 Å². The zero-order valence-electron chi connectivity index (χ0n) is 15.0. The minimum Gasteiger partial charge on any atom is -0.412 e. The van der Waals surface area contributed by atoms with E-state index < -0.39 is 5.91 Å². The van der Waals surface area contributed by atoms with Gasteiger partial charge >= 0.3 is 11.8 Å². The van der Waals surface area contributed by atoms with Crippen molar-refractivity contribution >= 4 is 11.6 Å². The molecule has 0 bridgehead atoms. The highest BCUT2D eigenvalue weighted by Crippen LogP contribution is 2.23. The number of aromatic nitrogens is 5. The third kappa shape index (κ3) is 3.45. The van der Waals surface area contributed by atoms with E-state index in [0.717, 1.165) is 5.69 Å². The predicted octanol–water partition coefficient (Wildman–Crippen LogP) is 2.14. The van der Waals surface area contributed by atoms with E-state index in [0.29, 0.717) is 22.6 Å². The molecule has 2 aromatic carbocycles. The van der Waals surface area contributed by atoms with Crippen LogP contribution in [0.3, 0.4) is 0 Å². The fraction of sp³-hybridized carbons (Fsp3) is 0.105. The van der Waals surface area contributed by atoms with Crippen molar-refractivity contribution < 1.29 is 9.21 Å². The highest BCUT2D eigenvalue weighted by atomic mass is 16.4. The summed E-state index contributed by atoms with van der Waals surface area (Å²) in [4.78, 5) is 13.9. The number of nitrogens with two attached hydrogens (primary N) is 1. The van der Waals surface area contributed by atoms with Crippen LogP contribution in [0.25, 0.3) is 17.1 Å². The second-order valence-corrected chi connectivity index (χ2v) is 6.04. The van der Waals surface area contributed by atoms with Crippen LogP contribution in [0.15, 0.2) is 59.0 Å². The molecule has 9 heteroatoms. The molecule has 9 nitrogen and oxygen atoms in total. The van der Waals surface area contributed by atoms with Crippen molar-refractivity contribution in [2.45, 2.75) is 13.5 Å². The molecule has 0 aliphatic carbocycles. The highest BCUT2D eigenvalue weighted by Gasteiger charge is 2.18. The first kappa shape index (κ1) is 17.4. The fourth-order valence-corrected chi connectivity index (χ4v) is 2.60. The van der Waals surface area contributed by atoms with Gasteiger partial charge in [-0.1, -0.05) is 30.3 Å². The van der Waals surface area contributed by atoms with Crippen LogP contribution in [0, 0.1) is 6.92 Å². The van der Waals surface area contributed by atoms with Crippen molar-refractivity contribution in [3.63, 3.8) is 0 Å². The molecule has 1 amide bonds. The second-order valence-electron chi connectivity index (χ2n) is 6.04. The summed E-state index contributed by atoms with van der Waals surface area (Å²) >= 11 is 0. The quantitative estimate of drug-likeness (QED) is 0.512. The van der Waals surface area contributed by atoms with E-state index >= 15 is 0 Å². The van der Waals surface area contributed by atoms with E-state index in [-0.39, 0.29) is 18.3 Å². The molecular weight excluding hydrogens is 358 g/mol. The van der Waals surface area contributed by atoms with Gasteiger partial charge in [0.25, 0.3) is 0 Å². The van der Waals surface area contributed by atoms with Crippen molar-refractivity contribution in [2.24, 2.45) is 0 Å². The lowest BCUT2D eigenvalue weighted by Crippen LogP contribution is -2.23. The number of hydrogen-bond donors (Lipinski definition) is 2.